The molecule has 0 bridgehead atoms. The molecular formula is C18H23N3O4. The number of nitro groups is 1. The minimum absolute atomic E-state index is 0.0937. The van der Waals surface area contributed by atoms with Crippen LogP contribution >= 0.6 is 0 Å². The normalized spacial score (nSPS) is 21.0. The van der Waals surface area contributed by atoms with Crippen molar-refractivity contribution < 1.29 is 14.5 Å². The molecule has 0 radical (unpaired) electrons. The first kappa shape index (κ1) is 17.4. The number of hydrogen-bond donors (Lipinski definition) is 0. The molecule has 0 saturated carbocycles. The molecule has 3 rings (SSSR count). The van der Waals surface area contributed by atoms with Crippen LogP contribution in [0.5, 0.6) is 0 Å². The van der Waals surface area contributed by atoms with Crippen molar-refractivity contribution in [3.8, 4) is 0 Å². The smallest absolute Gasteiger partial charge is 0.270 e. The molecule has 7 nitrogen and oxygen atoms in total. The fourth-order valence-corrected chi connectivity index (χ4v) is 3.67. The summed E-state index contributed by atoms with van der Waals surface area (Å²) in [7, 11) is 0. The first-order valence-electron chi connectivity index (χ1n) is 8.89. The summed E-state index contributed by atoms with van der Waals surface area (Å²) in [5, 5.41) is 10.9. The average Bonchev–Trinajstić information content (AvgIpc) is 2.67. The largest absolute Gasteiger partial charge is 0.342 e. The van der Waals surface area contributed by atoms with E-state index in [1.165, 1.54) is 24.6 Å². The van der Waals surface area contributed by atoms with Gasteiger partial charge in [-0.05, 0) is 38.2 Å². The first-order valence-corrected chi connectivity index (χ1v) is 8.89. The molecule has 1 aromatic carbocycles. The van der Waals surface area contributed by atoms with Gasteiger partial charge in [-0.1, -0.05) is 6.07 Å². The van der Waals surface area contributed by atoms with Gasteiger partial charge in [-0.15, -0.1) is 0 Å². The van der Waals surface area contributed by atoms with Gasteiger partial charge in [-0.25, -0.2) is 0 Å². The number of carbonyl (C=O) groups excluding carboxylic acids is 2. The van der Waals surface area contributed by atoms with Crippen molar-refractivity contribution in [2.45, 2.75) is 32.1 Å². The summed E-state index contributed by atoms with van der Waals surface area (Å²) in [6, 6.07) is 5.78. The van der Waals surface area contributed by atoms with Crippen molar-refractivity contribution in [2.24, 2.45) is 5.92 Å². The van der Waals surface area contributed by atoms with Crippen molar-refractivity contribution in [2.75, 3.05) is 26.2 Å². The summed E-state index contributed by atoms with van der Waals surface area (Å²) in [6.45, 7) is 2.62. The molecule has 134 valence electrons. The second-order valence-electron chi connectivity index (χ2n) is 6.78. The van der Waals surface area contributed by atoms with Crippen molar-refractivity contribution in [1.82, 2.24) is 9.80 Å². The van der Waals surface area contributed by atoms with Crippen LogP contribution in [0.3, 0.4) is 0 Å². The molecule has 0 unspecified atom stereocenters. The zero-order chi connectivity index (χ0) is 17.8. The van der Waals surface area contributed by atoms with Crippen molar-refractivity contribution in [3.63, 3.8) is 0 Å². The van der Waals surface area contributed by atoms with Crippen LogP contribution in [0.4, 0.5) is 5.69 Å². The molecule has 2 heterocycles. The van der Waals surface area contributed by atoms with E-state index in [1.807, 2.05) is 4.90 Å². The van der Waals surface area contributed by atoms with Gasteiger partial charge in [0.2, 0.25) is 5.91 Å². The second-order valence-corrected chi connectivity index (χ2v) is 6.78. The zero-order valence-electron chi connectivity index (χ0n) is 14.2. The molecule has 0 aliphatic carbocycles. The average molecular weight is 345 g/mol. The van der Waals surface area contributed by atoms with Gasteiger partial charge in [-0.3, -0.25) is 19.7 Å². The molecule has 0 aromatic heterocycles. The van der Waals surface area contributed by atoms with Gasteiger partial charge in [0.05, 0.1) is 10.8 Å². The number of rotatable bonds is 3. The van der Waals surface area contributed by atoms with Gasteiger partial charge in [0.15, 0.2) is 0 Å². The Morgan fingerprint density at radius 2 is 1.76 bits per heavy atom. The molecule has 7 heteroatoms. The van der Waals surface area contributed by atoms with Crippen molar-refractivity contribution in [3.05, 3.63) is 39.9 Å². The quantitative estimate of drug-likeness (QED) is 0.622. The van der Waals surface area contributed by atoms with Crippen molar-refractivity contribution in [1.29, 1.82) is 0 Å². The Kier molecular flexibility index (Phi) is 5.31. The van der Waals surface area contributed by atoms with Crippen LogP contribution < -0.4 is 0 Å². The minimum Gasteiger partial charge on any atom is -0.342 e. The Bertz CT molecular complexity index is 670. The maximum absolute atomic E-state index is 12.7. The molecule has 2 amide bonds. The van der Waals surface area contributed by atoms with E-state index >= 15 is 0 Å². The predicted molar refractivity (Wildman–Crippen MR) is 92.2 cm³/mol. The van der Waals surface area contributed by atoms with Crippen molar-refractivity contribution >= 4 is 17.5 Å². The van der Waals surface area contributed by atoms with E-state index in [-0.39, 0.29) is 23.4 Å². The first-order chi connectivity index (χ1) is 12.1. The Morgan fingerprint density at radius 3 is 2.48 bits per heavy atom. The van der Waals surface area contributed by atoms with Crippen LogP contribution in [0.1, 0.15) is 42.5 Å². The molecule has 2 saturated heterocycles. The third kappa shape index (κ3) is 3.97. The van der Waals surface area contributed by atoms with E-state index in [0.717, 1.165) is 38.8 Å². The van der Waals surface area contributed by atoms with E-state index in [2.05, 4.69) is 0 Å². The lowest BCUT2D eigenvalue weighted by Crippen LogP contribution is -2.47. The number of piperidine rings is 2. The highest BCUT2D eigenvalue weighted by atomic mass is 16.6. The number of nitrogens with zero attached hydrogens (tertiary/aromatic N) is 3. The van der Waals surface area contributed by atoms with Crippen LogP contribution in [-0.4, -0.2) is 52.7 Å². The van der Waals surface area contributed by atoms with Gasteiger partial charge in [0.1, 0.15) is 0 Å². The van der Waals surface area contributed by atoms with E-state index in [4.69, 9.17) is 0 Å². The third-order valence-electron chi connectivity index (χ3n) is 5.03. The SMILES string of the molecule is O=C(c1cccc([N+](=O)[O-])c1)N1CCC[C@@H](C(=O)N2CCCCC2)C1. The summed E-state index contributed by atoms with van der Waals surface area (Å²) in [6.07, 6.45) is 4.86. The summed E-state index contributed by atoms with van der Waals surface area (Å²) in [4.78, 5) is 39.4. The topological polar surface area (TPSA) is 83.8 Å². The predicted octanol–water partition coefficient (Wildman–Crippen LogP) is 2.46. The van der Waals surface area contributed by atoms with E-state index in [1.54, 1.807) is 11.0 Å². The molecule has 2 aliphatic rings. The molecule has 2 aliphatic heterocycles. The summed E-state index contributed by atoms with van der Waals surface area (Å²) in [5.41, 5.74) is 0.212. The lowest BCUT2D eigenvalue weighted by Gasteiger charge is -2.36. The molecule has 2 fully saturated rings. The van der Waals surface area contributed by atoms with Crippen LogP contribution in [0.15, 0.2) is 24.3 Å². The van der Waals surface area contributed by atoms with Gasteiger partial charge in [0, 0.05) is 43.9 Å². The lowest BCUT2D eigenvalue weighted by atomic mass is 9.95. The van der Waals surface area contributed by atoms with Gasteiger partial charge in [-0.2, -0.15) is 0 Å². The fourth-order valence-electron chi connectivity index (χ4n) is 3.67. The van der Waals surface area contributed by atoms with E-state index in [9.17, 15) is 19.7 Å². The maximum atomic E-state index is 12.7. The molecule has 1 atom stereocenters. The maximum Gasteiger partial charge on any atom is 0.270 e. The fraction of sp³-hybridized carbons (Fsp3) is 0.556. The molecule has 0 spiro atoms. The molecule has 25 heavy (non-hydrogen) atoms. The van der Waals surface area contributed by atoms with Crippen LogP contribution in [0.2, 0.25) is 0 Å². The number of likely N-dealkylation sites (tertiary alicyclic amines) is 2. The molecule has 0 N–H and O–H groups in total. The molecular weight excluding hydrogens is 322 g/mol. The highest BCUT2D eigenvalue weighted by Crippen LogP contribution is 2.23. The number of hydrogen-bond acceptors (Lipinski definition) is 4. The number of carbonyl (C=O) groups is 2. The number of non-ortho nitro benzene ring substituents is 1. The Hall–Kier alpha value is -2.44. The zero-order valence-corrected chi connectivity index (χ0v) is 14.2. The number of nitro benzene ring substituents is 1. The summed E-state index contributed by atoms with van der Waals surface area (Å²) >= 11 is 0. The van der Waals surface area contributed by atoms with E-state index in [0.29, 0.717) is 18.7 Å². The number of benzene rings is 1. The number of amides is 2. The second kappa shape index (κ2) is 7.63. The van der Waals surface area contributed by atoms with Gasteiger partial charge < -0.3 is 9.80 Å². The monoisotopic (exact) mass is 345 g/mol. The lowest BCUT2D eigenvalue weighted by molar-refractivity contribution is -0.384. The van der Waals surface area contributed by atoms with Gasteiger partial charge >= 0.3 is 0 Å². The highest BCUT2D eigenvalue weighted by Gasteiger charge is 2.32. The Balaban J connectivity index is 1.68. The van der Waals surface area contributed by atoms with Crippen LogP contribution in [0.25, 0.3) is 0 Å². The van der Waals surface area contributed by atoms with Gasteiger partial charge in [0.25, 0.3) is 11.6 Å². The summed E-state index contributed by atoms with van der Waals surface area (Å²) < 4.78 is 0. The van der Waals surface area contributed by atoms with E-state index < -0.39 is 4.92 Å². The standard InChI is InChI=1S/C18H23N3O4/c22-17(14-6-4-8-16(12-14)21(24)25)20-11-5-7-15(13-20)18(23)19-9-2-1-3-10-19/h4,6,8,12,15H,1-3,5,7,9-11,13H2/t15-/m1/s1. The molecule has 1 aromatic rings. The van der Waals surface area contributed by atoms with Crippen LogP contribution in [-0.2, 0) is 4.79 Å². The summed E-state index contributed by atoms with van der Waals surface area (Å²) in [5.74, 6) is -0.245. The minimum atomic E-state index is -0.504. The third-order valence-corrected chi connectivity index (χ3v) is 5.03. The van der Waals surface area contributed by atoms with Crippen LogP contribution in [0, 0.1) is 16.0 Å². The Morgan fingerprint density at radius 1 is 1.04 bits per heavy atom. The Labute approximate surface area is 146 Å². The highest BCUT2D eigenvalue weighted by molar-refractivity contribution is 5.95.